The van der Waals surface area contributed by atoms with Gasteiger partial charge >= 0.3 is 0 Å². The molecule has 1 heterocycles. The van der Waals surface area contributed by atoms with Crippen LogP contribution in [0.4, 0.5) is 13.2 Å². The highest BCUT2D eigenvalue weighted by atomic mass is 35.5. The Hall–Kier alpha value is -2.14. The number of hydrogen-bond acceptors (Lipinski definition) is 2. The molecule has 21 heavy (non-hydrogen) atoms. The van der Waals surface area contributed by atoms with Gasteiger partial charge in [0.25, 0.3) is 0 Å². The minimum Gasteiger partial charge on any atom is -0.227 e. The van der Waals surface area contributed by atoms with E-state index in [0.717, 1.165) is 12.1 Å². The molecule has 0 bridgehead atoms. The lowest BCUT2D eigenvalue weighted by atomic mass is 10.1. The Labute approximate surface area is 123 Å². The lowest BCUT2D eigenvalue weighted by Crippen LogP contribution is -1.99. The largest absolute Gasteiger partial charge is 0.227 e. The average molecular weight is 309 g/mol. The van der Waals surface area contributed by atoms with Gasteiger partial charge in [-0.15, -0.1) is 0 Å². The number of fused-ring (bicyclic) bond motifs is 1. The zero-order chi connectivity index (χ0) is 15.1. The van der Waals surface area contributed by atoms with Crippen molar-refractivity contribution in [1.82, 2.24) is 9.97 Å². The molecular formula is C15H8ClF3N2. The standard InChI is InChI=1S/C15H8ClF3N2/c1-7-5-6-10(19)12-13(7)20-15(21-14(12)16)11-8(17)3-2-4-9(11)18/h2-6H,1H3. The molecule has 0 aliphatic heterocycles. The van der Waals surface area contributed by atoms with Crippen LogP contribution >= 0.6 is 11.6 Å². The smallest absolute Gasteiger partial charge is 0.167 e. The molecule has 0 aliphatic rings. The highest BCUT2D eigenvalue weighted by Crippen LogP contribution is 2.30. The first-order valence-electron chi connectivity index (χ1n) is 6.06. The van der Waals surface area contributed by atoms with E-state index in [0.29, 0.717) is 5.56 Å². The second-order valence-corrected chi connectivity index (χ2v) is 4.88. The van der Waals surface area contributed by atoms with Crippen molar-refractivity contribution in [2.75, 3.05) is 0 Å². The molecule has 0 aliphatic carbocycles. The van der Waals surface area contributed by atoms with E-state index < -0.39 is 17.5 Å². The molecule has 2 aromatic carbocycles. The maximum atomic E-state index is 13.8. The zero-order valence-corrected chi connectivity index (χ0v) is 11.5. The number of aromatic nitrogens is 2. The van der Waals surface area contributed by atoms with E-state index in [4.69, 9.17) is 11.6 Å². The number of nitrogens with zero attached hydrogens (tertiary/aromatic N) is 2. The van der Waals surface area contributed by atoms with Crippen molar-refractivity contribution >= 4 is 22.5 Å². The van der Waals surface area contributed by atoms with Crippen molar-refractivity contribution in [3.63, 3.8) is 0 Å². The fourth-order valence-electron chi connectivity index (χ4n) is 2.11. The summed E-state index contributed by atoms with van der Waals surface area (Å²) in [4.78, 5) is 7.90. The number of hydrogen-bond donors (Lipinski definition) is 0. The second-order valence-electron chi connectivity index (χ2n) is 4.52. The first kappa shape index (κ1) is 13.8. The Morgan fingerprint density at radius 2 is 1.57 bits per heavy atom. The summed E-state index contributed by atoms with van der Waals surface area (Å²) >= 11 is 5.96. The summed E-state index contributed by atoms with van der Waals surface area (Å²) in [5, 5.41) is -0.143. The van der Waals surface area contributed by atoms with Crippen LogP contribution in [0.2, 0.25) is 5.15 Å². The molecule has 106 valence electrons. The quantitative estimate of drug-likeness (QED) is 0.610. The monoisotopic (exact) mass is 308 g/mol. The van der Waals surface area contributed by atoms with E-state index in [1.807, 2.05) is 0 Å². The summed E-state index contributed by atoms with van der Waals surface area (Å²) in [6.45, 7) is 1.70. The van der Waals surface area contributed by atoms with Crippen LogP contribution in [0.15, 0.2) is 30.3 Å². The molecule has 3 rings (SSSR count). The number of benzene rings is 2. The van der Waals surface area contributed by atoms with Crippen LogP contribution in [-0.4, -0.2) is 9.97 Å². The summed E-state index contributed by atoms with van der Waals surface area (Å²) in [5.41, 5.74) is 0.478. The molecule has 0 unspecified atom stereocenters. The Morgan fingerprint density at radius 3 is 2.24 bits per heavy atom. The van der Waals surface area contributed by atoms with Crippen molar-refractivity contribution in [1.29, 1.82) is 0 Å². The van der Waals surface area contributed by atoms with E-state index >= 15 is 0 Å². The van der Waals surface area contributed by atoms with Crippen LogP contribution < -0.4 is 0 Å². The Morgan fingerprint density at radius 1 is 0.905 bits per heavy atom. The van der Waals surface area contributed by atoms with Gasteiger partial charge in [0.1, 0.15) is 22.6 Å². The van der Waals surface area contributed by atoms with E-state index in [9.17, 15) is 13.2 Å². The Balaban J connectivity index is 2.39. The van der Waals surface area contributed by atoms with Crippen LogP contribution in [0.5, 0.6) is 0 Å². The molecule has 2 nitrogen and oxygen atoms in total. The molecule has 0 saturated carbocycles. The maximum absolute atomic E-state index is 13.8. The molecule has 0 spiro atoms. The fraction of sp³-hybridized carbons (Fsp3) is 0.0667. The highest BCUT2D eigenvalue weighted by Gasteiger charge is 2.18. The van der Waals surface area contributed by atoms with Gasteiger partial charge < -0.3 is 0 Å². The summed E-state index contributed by atoms with van der Waals surface area (Å²) in [7, 11) is 0. The Kier molecular flexibility index (Phi) is 3.29. The SMILES string of the molecule is Cc1ccc(F)c2c(Cl)nc(-c3c(F)cccc3F)nc12. The minimum atomic E-state index is -0.806. The van der Waals surface area contributed by atoms with Crippen molar-refractivity contribution in [2.45, 2.75) is 6.92 Å². The van der Waals surface area contributed by atoms with Crippen LogP contribution in [0.3, 0.4) is 0 Å². The topological polar surface area (TPSA) is 25.8 Å². The van der Waals surface area contributed by atoms with Gasteiger partial charge in [0.05, 0.1) is 16.5 Å². The predicted molar refractivity (Wildman–Crippen MR) is 74.6 cm³/mol. The van der Waals surface area contributed by atoms with E-state index in [2.05, 4.69) is 9.97 Å². The first-order valence-corrected chi connectivity index (χ1v) is 6.43. The summed E-state index contributed by atoms with van der Waals surface area (Å²) in [6.07, 6.45) is 0. The molecule has 1 aromatic heterocycles. The van der Waals surface area contributed by atoms with Gasteiger partial charge in [-0.3, -0.25) is 0 Å². The maximum Gasteiger partial charge on any atom is 0.167 e. The summed E-state index contributed by atoms with van der Waals surface area (Å²) in [6, 6.07) is 6.19. The van der Waals surface area contributed by atoms with Crippen LogP contribution in [0.1, 0.15) is 5.56 Å². The second kappa shape index (κ2) is 5.00. The minimum absolute atomic E-state index is 0.0390. The van der Waals surface area contributed by atoms with Gasteiger partial charge in [-0.1, -0.05) is 23.7 Å². The van der Waals surface area contributed by atoms with Gasteiger partial charge in [-0.25, -0.2) is 23.1 Å². The van der Waals surface area contributed by atoms with Gasteiger partial charge in [0, 0.05) is 0 Å². The van der Waals surface area contributed by atoms with Crippen molar-refractivity contribution in [3.05, 3.63) is 58.5 Å². The summed E-state index contributed by atoms with van der Waals surface area (Å²) in [5.74, 6) is -2.41. The lowest BCUT2D eigenvalue weighted by molar-refractivity contribution is 0.587. The summed E-state index contributed by atoms with van der Waals surface area (Å²) < 4.78 is 41.4. The van der Waals surface area contributed by atoms with Crippen molar-refractivity contribution in [3.8, 4) is 11.4 Å². The van der Waals surface area contributed by atoms with Crippen LogP contribution in [0.25, 0.3) is 22.3 Å². The van der Waals surface area contributed by atoms with E-state index in [1.54, 1.807) is 6.92 Å². The molecule has 0 radical (unpaired) electrons. The van der Waals surface area contributed by atoms with Crippen LogP contribution in [0, 0.1) is 24.4 Å². The predicted octanol–water partition coefficient (Wildman–Crippen LogP) is 4.68. The van der Waals surface area contributed by atoms with E-state index in [-0.39, 0.29) is 27.4 Å². The lowest BCUT2D eigenvalue weighted by Gasteiger charge is -2.08. The molecule has 0 atom stereocenters. The third kappa shape index (κ3) is 2.23. The third-order valence-electron chi connectivity index (χ3n) is 3.14. The molecule has 0 amide bonds. The highest BCUT2D eigenvalue weighted by molar-refractivity contribution is 6.34. The normalized spacial score (nSPS) is 11.1. The molecular weight excluding hydrogens is 301 g/mol. The number of aryl methyl sites for hydroxylation is 1. The van der Waals surface area contributed by atoms with Crippen LogP contribution in [-0.2, 0) is 0 Å². The third-order valence-corrected chi connectivity index (χ3v) is 3.42. The van der Waals surface area contributed by atoms with Crippen molar-refractivity contribution < 1.29 is 13.2 Å². The Bertz CT molecular complexity index is 845. The number of rotatable bonds is 1. The molecule has 0 N–H and O–H groups in total. The van der Waals surface area contributed by atoms with Crippen molar-refractivity contribution in [2.24, 2.45) is 0 Å². The van der Waals surface area contributed by atoms with Gasteiger partial charge in [-0.05, 0) is 30.7 Å². The van der Waals surface area contributed by atoms with Gasteiger partial charge in [0.2, 0.25) is 0 Å². The molecule has 0 saturated heterocycles. The average Bonchev–Trinajstić information content (AvgIpc) is 2.42. The molecule has 6 heteroatoms. The fourth-order valence-corrected chi connectivity index (χ4v) is 2.37. The van der Waals surface area contributed by atoms with Gasteiger partial charge in [0.15, 0.2) is 5.82 Å². The molecule has 3 aromatic rings. The molecule has 0 fully saturated rings. The van der Waals surface area contributed by atoms with Gasteiger partial charge in [-0.2, -0.15) is 0 Å². The number of halogens is 4. The van der Waals surface area contributed by atoms with E-state index in [1.165, 1.54) is 18.2 Å². The first-order chi connectivity index (χ1) is 9.99. The zero-order valence-electron chi connectivity index (χ0n) is 10.8.